The summed E-state index contributed by atoms with van der Waals surface area (Å²) in [6.07, 6.45) is 1.64. The van der Waals surface area contributed by atoms with Crippen LogP contribution in [-0.2, 0) is 9.59 Å². The molecule has 3 rings (SSSR count). The SMILES string of the molecule is C[C@H](NC(=O)CN1C[C@@H](C(N)=O)Oc2ccccc21)C1CC1. The average Bonchev–Trinajstić information content (AvgIpc) is 3.31. The van der Waals surface area contributed by atoms with E-state index >= 15 is 0 Å². The molecule has 22 heavy (non-hydrogen) atoms. The number of nitrogens with one attached hydrogen (secondary N) is 1. The molecule has 1 aromatic rings. The number of hydrogen-bond acceptors (Lipinski definition) is 4. The summed E-state index contributed by atoms with van der Waals surface area (Å²) < 4.78 is 5.59. The number of carbonyl (C=O) groups is 2. The number of nitrogens with two attached hydrogens (primary N) is 1. The topological polar surface area (TPSA) is 84.7 Å². The first-order valence-corrected chi connectivity index (χ1v) is 7.64. The van der Waals surface area contributed by atoms with Gasteiger partial charge in [-0.1, -0.05) is 12.1 Å². The standard InChI is InChI=1S/C16H21N3O3/c1-10(11-6-7-11)18-15(20)9-19-8-14(16(17)21)22-13-5-3-2-4-12(13)19/h2-5,10-11,14H,6-9H2,1H3,(H2,17,21)(H,18,20)/t10-,14-/m0/s1. The molecule has 1 heterocycles. The number of amides is 2. The van der Waals surface area contributed by atoms with Gasteiger partial charge in [0.2, 0.25) is 5.91 Å². The molecule has 0 aromatic heterocycles. The zero-order chi connectivity index (χ0) is 15.7. The molecule has 6 nitrogen and oxygen atoms in total. The Morgan fingerprint density at radius 1 is 1.41 bits per heavy atom. The van der Waals surface area contributed by atoms with Crippen molar-refractivity contribution in [3.8, 4) is 5.75 Å². The van der Waals surface area contributed by atoms with E-state index in [0.717, 1.165) is 5.69 Å². The molecule has 6 heteroatoms. The van der Waals surface area contributed by atoms with Crippen LogP contribution in [0.3, 0.4) is 0 Å². The van der Waals surface area contributed by atoms with Crippen LogP contribution in [0.15, 0.2) is 24.3 Å². The molecule has 2 aliphatic rings. The Kier molecular flexibility index (Phi) is 3.92. The van der Waals surface area contributed by atoms with E-state index in [9.17, 15) is 9.59 Å². The number of ether oxygens (including phenoxy) is 1. The molecule has 2 atom stereocenters. The Hall–Kier alpha value is -2.24. The normalized spacial score (nSPS) is 21.5. The first kappa shape index (κ1) is 14.7. The molecule has 3 N–H and O–H groups in total. The van der Waals surface area contributed by atoms with Gasteiger partial charge in [0.15, 0.2) is 6.10 Å². The van der Waals surface area contributed by atoms with E-state index < -0.39 is 12.0 Å². The van der Waals surface area contributed by atoms with E-state index in [2.05, 4.69) is 5.32 Å². The number of primary amides is 1. The molecule has 118 valence electrons. The van der Waals surface area contributed by atoms with Crippen LogP contribution in [0.25, 0.3) is 0 Å². The Morgan fingerprint density at radius 2 is 2.14 bits per heavy atom. The van der Waals surface area contributed by atoms with Crippen molar-refractivity contribution in [3.05, 3.63) is 24.3 Å². The van der Waals surface area contributed by atoms with Crippen LogP contribution >= 0.6 is 0 Å². The van der Waals surface area contributed by atoms with Gasteiger partial charge in [-0.2, -0.15) is 0 Å². The fourth-order valence-electron chi connectivity index (χ4n) is 2.79. The van der Waals surface area contributed by atoms with Crippen LogP contribution in [0.2, 0.25) is 0 Å². The third-order valence-electron chi connectivity index (χ3n) is 4.23. The van der Waals surface area contributed by atoms with Gasteiger partial charge in [-0.3, -0.25) is 9.59 Å². The maximum Gasteiger partial charge on any atom is 0.260 e. The van der Waals surface area contributed by atoms with Crippen molar-refractivity contribution in [3.63, 3.8) is 0 Å². The van der Waals surface area contributed by atoms with Crippen molar-refractivity contribution >= 4 is 17.5 Å². The quantitative estimate of drug-likeness (QED) is 0.836. The zero-order valence-electron chi connectivity index (χ0n) is 12.6. The molecule has 1 saturated carbocycles. The maximum absolute atomic E-state index is 12.2. The van der Waals surface area contributed by atoms with Crippen LogP contribution in [0, 0.1) is 5.92 Å². The van der Waals surface area contributed by atoms with Crippen molar-refractivity contribution in [2.24, 2.45) is 11.7 Å². The average molecular weight is 303 g/mol. The Bertz CT molecular complexity index is 586. The lowest BCUT2D eigenvalue weighted by atomic mass is 10.1. The summed E-state index contributed by atoms with van der Waals surface area (Å²) in [6.45, 7) is 2.52. The molecule has 0 unspecified atom stereocenters. The minimum Gasteiger partial charge on any atom is -0.477 e. The molecule has 1 aliphatic carbocycles. The minimum atomic E-state index is -0.733. The van der Waals surface area contributed by atoms with Crippen molar-refractivity contribution in [2.45, 2.75) is 31.9 Å². The number of hydrogen-bond donors (Lipinski definition) is 2. The summed E-state index contributed by atoms with van der Waals surface area (Å²) in [7, 11) is 0. The molecule has 1 aromatic carbocycles. The van der Waals surface area contributed by atoms with Gasteiger partial charge in [-0.15, -0.1) is 0 Å². The van der Waals surface area contributed by atoms with Crippen LogP contribution < -0.4 is 20.7 Å². The summed E-state index contributed by atoms with van der Waals surface area (Å²) in [5.41, 5.74) is 6.17. The predicted octanol–water partition coefficient (Wildman–Crippen LogP) is 0.654. The smallest absolute Gasteiger partial charge is 0.260 e. The third-order valence-corrected chi connectivity index (χ3v) is 4.23. The summed E-state index contributed by atoms with van der Waals surface area (Å²) >= 11 is 0. The molecular formula is C16H21N3O3. The summed E-state index contributed by atoms with van der Waals surface area (Å²) in [5, 5.41) is 3.03. The lowest BCUT2D eigenvalue weighted by molar-refractivity contribution is -0.125. The fourth-order valence-corrected chi connectivity index (χ4v) is 2.79. The highest BCUT2D eigenvalue weighted by Crippen LogP contribution is 2.33. The van der Waals surface area contributed by atoms with Crippen molar-refractivity contribution in [2.75, 3.05) is 18.0 Å². The number of rotatable bonds is 5. The highest BCUT2D eigenvalue weighted by atomic mass is 16.5. The summed E-state index contributed by atoms with van der Waals surface area (Å²) in [5.74, 6) is 0.630. The molecular weight excluding hydrogens is 282 g/mol. The Labute approximate surface area is 129 Å². The van der Waals surface area contributed by atoms with Crippen LogP contribution in [0.1, 0.15) is 19.8 Å². The van der Waals surface area contributed by atoms with E-state index in [4.69, 9.17) is 10.5 Å². The number of benzene rings is 1. The highest BCUT2D eigenvalue weighted by molar-refractivity contribution is 5.85. The molecule has 0 saturated heterocycles. The third kappa shape index (κ3) is 3.16. The summed E-state index contributed by atoms with van der Waals surface area (Å²) in [4.78, 5) is 25.5. The van der Waals surface area contributed by atoms with E-state index in [1.54, 1.807) is 6.07 Å². The van der Waals surface area contributed by atoms with Crippen molar-refractivity contribution in [1.29, 1.82) is 0 Å². The predicted molar refractivity (Wildman–Crippen MR) is 82.6 cm³/mol. The zero-order valence-corrected chi connectivity index (χ0v) is 12.6. The maximum atomic E-state index is 12.2. The van der Waals surface area contributed by atoms with Gasteiger partial charge in [0.05, 0.1) is 18.8 Å². The fraction of sp³-hybridized carbons (Fsp3) is 0.500. The Balaban J connectivity index is 1.70. The number of anilines is 1. The van der Waals surface area contributed by atoms with Gasteiger partial charge >= 0.3 is 0 Å². The van der Waals surface area contributed by atoms with E-state index in [1.165, 1.54) is 12.8 Å². The number of fused-ring (bicyclic) bond motifs is 1. The van der Waals surface area contributed by atoms with Gasteiger partial charge in [0.25, 0.3) is 5.91 Å². The van der Waals surface area contributed by atoms with Crippen LogP contribution in [0.5, 0.6) is 5.75 Å². The molecule has 1 fully saturated rings. The molecule has 0 spiro atoms. The van der Waals surface area contributed by atoms with Gasteiger partial charge in [0.1, 0.15) is 5.75 Å². The number of para-hydroxylation sites is 2. The van der Waals surface area contributed by atoms with Crippen LogP contribution in [-0.4, -0.2) is 37.0 Å². The van der Waals surface area contributed by atoms with Crippen molar-refractivity contribution in [1.82, 2.24) is 5.32 Å². The highest BCUT2D eigenvalue weighted by Gasteiger charge is 2.32. The molecule has 1 aliphatic heterocycles. The van der Waals surface area contributed by atoms with Gasteiger partial charge in [-0.05, 0) is 37.8 Å². The second kappa shape index (κ2) is 5.87. The molecule has 2 amide bonds. The largest absolute Gasteiger partial charge is 0.477 e. The monoisotopic (exact) mass is 303 g/mol. The molecule has 0 radical (unpaired) electrons. The number of nitrogens with zero attached hydrogens (tertiary/aromatic N) is 1. The lowest BCUT2D eigenvalue weighted by Gasteiger charge is -2.34. The summed E-state index contributed by atoms with van der Waals surface area (Å²) in [6, 6.07) is 7.57. The first-order valence-electron chi connectivity index (χ1n) is 7.64. The Morgan fingerprint density at radius 3 is 2.82 bits per heavy atom. The molecule has 0 bridgehead atoms. The van der Waals surface area contributed by atoms with Gasteiger partial charge in [0, 0.05) is 6.04 Å². The van der Waals surface area contributed by atoms with Crippen LogP contribution in [0.4, 0.5) is 5.69 Å². The second-order valence-electron chi connectivity index (χ2n) is 6.05. The lowest BCUT2D eigenvalue weighted by Crippen LogP contribution is -2.50. The minimum absolute atomic E-state index is 0.0423. The van der Waals surface area contributed by atoms with Crippen molar-refractivity contribution < 1.29 is 14.3 Å². The number of carbonyl (C=O) groups excluding carboxylic acids is 2. The van der Waals surface area contributed by atoms with E-state index in [1.807, 2.05) is 30.0 Å². The van der Waals surface area contributed by atoms with Gasteiger partial charge in [-0.25, -0.2) is 0 Å². The van der Waals surface area contributed by atoms with Gasteiger partial charge < -0.3 is 20.7 Å². The second-order valence-corrected chi connectivity index (χ2v) is 6.05. The van der Waals surface area contributed by atoms with E-state index in [-0.39, 0.29) is 25.0 Å². The first-order chi connectivity index (χ1) is 10.5. The van der Waals surface area contributed by atoms with E-state index in [0.29, 0.717) is 11.7 Å².